The summed E-state index contributed by atoms with van der Waals surface area (Å²) >= 11 is 5.92. The van der Waals surface area contributed by atoms with Gasteiger partial charge in [-0.25, -0.2) is 22.9 Å². The fourth-order valence-corrected chi connectivity index (χ4v) is 2.67. The highest BCUT2D eigenvalue weighted by atomic mass is 35.5. The van der Waals surface area contributed by atoms with Crippen LogP contribution in [0.1, 0.15) is 24.7 Å². The van der Waals surface area contributed by atoms with Crippen LogP contribution in [0.5, 0.6) is 0 Å². The average molecular weight is 332 g/mol. The van der Waals surface area contributed by atoms with Gasteiger partial charge in [-0.05, 0) is 18.1 Å². The molecular formula is C13H15ClFN3O2S. The number of rotatable bonds is 5. The quantitative estimate of drug-likeness (QED) is 0.913. The third-order valence-electron chi connectivity index (χ3n) is 2.97. The van der Waals surface area contributed by atoms with Crippen LogP contribution < -0.4 is 5.14 Å². The van der Waals surface area contributed by atoms with E-state index < -0.39 is 15.8 Å². The number of sulfonamides is 1. The first-order valence-electron chi connectivity index (χ1n) is 6.34. The number of nitrogens with zero attached hydrogens (tertiary/aromatic N) is 2. The Bertz CT molecular complexity index is 759. The lowest BCUT2D eigenvalue weighted by Gasteiger charge is -2.09. The van der Waals surface area contributed by atoms with Gasteiger partial charge in [-0.15, -0.1) is 0 Å². The molecule has 0 radical (unpaired) electrons. The summed E-state index contributed by atoms with van der Waals surface area (Å²) in [6.45, 7) is 2.18. The second kappa shape index (κ2) is 6.13. The zero-order valence-corrected chi connectivity index (χ0v) is 13.0. The molecule has 0 saturated heterocycles. The Kier molecular flexibility index (Phi) is 4.65. The fraction of sp³-hybridized carbons (Fsp3) is 0.308. The van der Waals surface area contributed by atoms with E-state index in [1.807, 2.05) is 6.92 Å². The van der Waals surface area contributed by atoms with Crippen molar-refractivity contribution in [2.75, 3.05) is 0 Å². The Morgan fingerprint density at radius 3 is 2.76 bits per heavy atom. The van der Waals surface area contributed by atoms with Crippen molar-refractivity contribution in [3.8, 4) is 0 Å². The van der Waals surface area contributed by atoms with E-state index in [4.69, 9.17) is 16.7 Å². The van der Waals surface area contributed by atoms with Crippen LogP contribution >= 0.6 is 11.6 Å². The van der Waals surface area contributed by atoms with Gasteiger partial charge in [0.25, 0.3) is 10.0 Å². The van der Waals surface area contributed by atoms with Gasteiger partial charge in [-0.2, -0.15) is 0 Å². The van der Waals surface area contributed by atoms with Crippen LogP contribution in [0.3, 0.4) is 0 Å². The summed E-state index contributed by atoms with van der Waals surface area (Å²) < 4.78 is 37.9. The molecule has 2 N–H and O–H groups in total. The molecule has 2 aromatic rings. The predicted molar refractivity (Wildman–Crippen MR) is 78.1 cm³/mol. The molecule has 1 aromatic carbocycles. The zero-order chi connectivity index (χ0) is 15.6. The molecule has 0 bridgehead atoms. The molecule has 0 aliphatic rings. The number of halogens is 2. The zero-order valence-electron chi connectivity index (χ0n) is 11.4. The van der Waals surface area contributed by atoms with Crippen LogP contribution in [0.15, 0.2) is 29.4 Å². The molecule has 0 saturated carbocycles. The van der Waals surface area contributed by atoms with Crippen molar-refractivity contribution in [3.63, 3.8) is 0 Å². The Hall–Kier alpha value is -1.44. The third-order valence-corrected chi connectivity index (χ3v) is 4.18. The fourth-order valence-electron chi connectivity index (χ4n) is 1.98. The largest absolute Gasteiger partial charge is 0.329 e. The number of benzene rings is 1. The second-order valence-corrected chi connectivity index (χ2v) is 6.52. The van der Waals surface area contributed by atoms with E-state index in [0.29, 0.717) is 17.8 Å². The Morgan fingerprint density at radius 1 is 1.43 bits per heavy atom. The van der Waals surface area contributed by atoms with E-state index in [1.165, 1.54) is 12.3 Å². The molecular weight excluding hydrogens is 317 g/mol. The van der Waals surface area contributed by atoms with Gasteiger partial charge >= 0.3 is 0 Å². The number of primary sulfonamides is 1. The van der Waals surface area contributed by atoms with E-state index in [0.717, 1.165) is 6.42 Å². The summed E-state index contributed by atoms with van der Waals surface area (Å²) in [4.78, 5) is 4.03. The van der Waals surface area contributed by atoms with Gasteiger partial charge in [-0.1, -0.05) is 30.7 Å². The van der Waals surface area contributed by atoms with Crippen LogP contribution in [0.2, 0.25) is 5.02 Å². The summed E-state index contributed by atoms with van der Waals surface area (Å²) in [6.07, 6.45) is 2.72. The van der Waals surface area contributed by atoms with Crippen molar-refractivity contribution in [2.45, 2.75) is 31.3 Å². The van der Waals surface area contributed by atoms with Crippen molar-refractivity contribution in [2.24, 2.45) is 5.14 Å². The molecule has 8 heteroatoms. The molecule has 2 rings (SSSR count). The smallest absolute Gasteiger partial charge is 0.257 e. The minimum Gasteiger partial charge on any atom is -0.329 e. The lowest BCUT2D eigenvalue weighted by Crippen LogP contribution is -2.12. The van der Waals surface area contributed by atoms with Crippen molar-refractivity contribution < 1.29 is 12.8 Å². The first-order valence-corrected chi connectivity index (χ1v) is 8.27. The van der Waals surface area contributed by atoms with Gasteiger partial charge in [0.2, 0.25) is 0 Å². The summed E-state index contributed by atoms with van der Waals surface area (Å²) in [5.41, 5.74) is 0.549. The standard InChI is InChI=1S/C13H15ClFN3O2S/c1-2-4-11-17-12(21(16,19)20)8-18(11)7-9-5-3-6-10(15)13(9)14/h3,5-6,8H,2,4,7H2,1H3,(H2,16,19,20). The first-order chi connectivity index (χ1) is 9.82. The van der Waals surface area contributed by atoms with Gasteiger partial charge in [0.05, 0.1) is 11.6 Å². The highest BCUT2D eigenvalue weighted by Gasteiger charge is 2.17. The minimum absolute atomic E-state index is 0.0193. The predicted octanol–water partition coefficient (Wildman–Crippen LogP) is 2.32. The third kappa shape index (κ3) is 3.61. The summed E-state index contributed by atoms with van der Waals surface area (Å²) in [5, 5.41) is 4.92. The van der Waals surface area contributed by atoms with Crippen LogP contribution in [-0.2, 0) is 23.0 Å². The second-order valence-electron chi connectivity index (χ2n) is 4.63. The van der Waals surface area contributed by atoms with E-state index in [9.17, 15) is 12.8 Å². The maximum atomic E-state index is 13.5. The number of nitrogens with two attached hydrogens (primary N) is 1. The Morgan fingerprint density at radius 2 is 2.14 bits per heavy atom. The van der Waals surface area contributed by atoms with Crippen molar-refractivity contribution in [3.05, 3.63) is 46.6 Å². The Balaban J connectivity index is 2.43. The molecule has 5 nitrogen and oxygen atoms in total. The van der Waals surface area contributed by atoms with E-state index in [-0.39, 0.29) is 16.6 Å². The van der Waals surface area contributed by atoms with Gasteiger partial charge < -0.3 is 4.57 Å². The summed E-state index contributed by atoms with van der Waals surface area (Å²) in [7, 11) is -3.87. The molecule has 0 atom stereocenters. The first kappa shape index (κ1) is 15.9. The number of hydrogen-bond acceptors (Lipinski definition) is 3. The Labute approximate surface area is 127 Å². The summed E-state index contributed by atoms with van der Waals surface area (Å²) in [5.74, 6) is 0.0554. The van der Waals surface area contributed by atoms with Crippen LogP contribution in [0, 0.1) is 5.82 Å². The van der Waals surface area contributed by atoms with Gasteiger partial charge in [0, 0.05) is 12.6 Å². The van der Waals surface area contributed by atoms with Crippen LogP contribution in [0.25, 0.3) is 0 Å². The topological polar surface area (TPSA) is 78.0 Å². The lowest BCUT2D eigenvalue weighted by molar-refractivity contribution is 0.594. The molecule has 1 heterocycles. The highest BCUT2D eigenvalue weighted by molar-refractivity contribution is 7.89. The molecule has 0 aliphatic heterocycles. The maximum absolute atomic E-state index is 13.5. The van der Waals surface area contributed by atoms with Gasteiger partial charge in [0.15, 0.2) is 5.03 Å². The van der Waals surface area contributed by atoms with Gasteiger partial charge in [-0.3, -0.25) is 0 Å². The molecule has 0 amide bonds. The number of aromatic nitrogens is 2. The van der Waals surface area contributed by atoms with Crippen molar-refractivity contribution >= 4 is 21.6 Å². The van der Waals surface area contributed by atoms with Crippen molar-refractivity contribution in [1.82, 2.24) is 9.55 Å². The number of imidazole rings is 1. The molecule has 21 heavy (non-hydrogen) atoms. The average Bonchev–Trinajstić information content (AvgIpc) is 2.79. The van der Waals surface area contributed by atoms with E-state index in [2.05, 4.69) is 4.98 Å². The summed E-state index contributed by atoms with van der Waals surface area (Å²) in [6, 6.07) is 4.49. The molecule has 0 fully saturated rings. The van der Waals surface area contributed by atoms with Crippen LogP contribution in [0.4, 0.5) is 4.39 Å². The number of aryl methyl sites for hydroxylation is 1. The highest BCUT2D eigenvalue weighted by Crippen LogP contribution is 2.22. The molecule has 1 aromatic heterocycles. The van der Waals surface area contributed by atoms with Gasteiger partial charge in [0.1, 0.15) is 11.6 Å². The molecule has 0 spiro atoms. The molecule has 0 aliphatic carbocycles. The normalized spacial score (nSPS) is 11.8. The van der Waals surface area contributed by atoms with E-state index >= 15 is 0 Å². The molecule has 0 unspecified atom stereocenters. The van der Waals surface area contributed by atoms with Crippen molar-refractivity contribution in [1.29, 1.82) is 0 Å². The lowest BCUT2D eigenvalue weighted by atomic mass is 10.2. The number of hydrogen-bond donors (Lipinski definition) is 1. The maximum Gasteiger partial charge on any atom is 0.257 e. The minimum atomic E-state index is -3.87. The van der Waals surface area contributed by atoms with E-state index in [1.54, 1.807) is 16.7 Å². The van der Waals surface area contributed by atoms with Crippen LogP contribution in [-0.4, -0.2) is 18.0 Å². The monoisotopic (exact) mass is 331 g/mol. The molecule has 114 valence electrons. The SMILES string of the molecule is CCCc1nc(S(N)(=O)=O)cn1Cc1cccc(F)c1Cl.